The molecule has 2 atom stereocenters. The molecule has 2 heterocycles. The summed E-state index contributed by atoms with van der Waals surface area (Å²) in [6.07, 6.45) is 1.05. The van der Waals surface area contributed by atoms with Crippen LogP contribution in [-0.2, 0) is 32.5 Å². The number of hydroxylamine groups is 2. The number of hydrogen-bond acceptors (Lipinski definition) is 6. The standard InChI is InChI=1S/C21H29Cl2N3O6S/c1-21(2,3)32-20(28)25-7-4-5-18(25)19(26(29)13-27)12-33(30,31)24-8-6-14-9-16(22)17(23)10-15(14)11-24/h9-10,13,18-19,29H,4-8,11-12H2,1-3H3/t18-,19+/m1/s1. The van der Waals surface area contributed by atoms with Crippen LogP contribution in [0.25, 0.3) is 0 Å². The molecule has 0 bridgehead atoms. The lowest BCUT2D eigenvalue weighted by Gasteiger charge is -2.36. The lowest BCUT2D eigenvalue weighted by Crippen LogP contribution is -2.55. The average Bonchev–Trinajstić information content (AvgIpc) is 3.20. The minimum Gasteiger partial charge on any atom is -0.444 e. The Morgan fingerprint density at radius 2 is 1.91 bits per heavy atom. The Kier molecular flexibility index (Phi) is 7.85. The molecule has 2 aliphatic heterocycles. The van der Waals surface area contributed by atoms with Gasteiger partial charge in [0.2, 0.25) is 16.4 Å². The lowest BCUT2D eigenvalue weighted by atomic mass is 10.0. The quantitative estimate of drug-likeness (QED) is 0.349. The Labute approximate surface area is 204 Å². The smallest absolute Gasteiger partial charge is 0.410 e. The van der Waals surface area contributed by atoms with E-state index in [0.29, 0.717) is 40.9 Å². The van der Waals surface area contributed by atoms with Crippen molar-refractivity contribution in [2.45, 2.75) is 64.3 Å². The first-order chi connectivity index (χ1) is 15.3. The number of nitrogens with zero attached hydrogens (tertiary/aromatic N) is 3. The van der Waals surface area contributed by atoms with Crippen LogP contribution in [0.15, 0.2) is 12.1 Å². The summed E-state index contributed by atoms with van der Waals surface area (Å²) in [5.74, 6) is -0.539. The van der Waals surface area contributed by atoms with Crippen LogP contribution >= 0.6 is 23.2 Å². The first-order valence-electron chi connectivity index (χ1n) is 10.7. The maximum atomic E-state index is 13.3. The molecule has 2 amide bonds. The van der Waals surface area contributed by atoms with Gasteiger partial charge in [-0.1, -0.05) is 23.2 Å². The lowest BCUT2D eigenvalue weighted by molar-refractivity contribution is -0.163. The second-order valence-corrected chi connectivity index (χ2v) is 12.2. The van der Waals surface area contributed by atoms with Crippen molar-refractivity contribution in [2.75, 3.05) is 18.8 Å². The maximum absolute atomic E-state index is 13.3. The topological polar surface area (TPSA) is 107 Å². The normalized spacial score (nSPS) is 20.3. The summed E-state index contributed by atoms with van der Waals surface area (Å²) in [6, 6.07) is 1.56. The summed E-state index contributed by atoms with van der Waals surface area (Å²) < 4.78 is 33.4. The van der Waals surface area contributed by atoms with Crippen LogP contribution in [-0.4, -0.2) is 76.9 Å². The molecule has 33 heavy (non-hydrogen) atoms. The second kappa shape index (κ2) is 9.95. The van der Waals surface area contributed by atoms with E-state index in [1.54, 1.807) is 32.9 Å². The molecule has 0 aliphatic carbocycles. The van der Waals surface area contributed by atoms with Gasteiger partial charge in [0, 0.05) is 19.6 Å². The summed E-state index contributed by atoms with van der Waals surface area (Å²) >= 11 is 12.2. The first-order valence-corrected chi connectivity index (χ1v) is 13.1. The fraction of sp³-hybridized carbons (Fsp3) is 0.619. The van der Waals surface area contributed by atoms with E-state index in [2.05, 4.69) is 0 Å². The zero-order valence-corrected chi connectivity index (χ0v) is 21.2. The van der Waals surface area contributed by atoms with Gasteiger partial charge < -0.3 is 9.64 Å². The van der Waals surface area contributed by atoms with Gasteiger partial charge in [-0.3, -0.25) is 10.0 Å². The van der Waals surface area contributed by atoms with Gasteiger partial charge in [0.15, 0.2) is 0 Å². The van der Waals surface area contributed by atoms with E-state index in [-0.39, 0.29) is 19.5 Å². The number of ether oxygens (including phenoxy) is 1. The van der Waals surface area contributed by atoms with Gasteiger partial charge in [0.05, 0.1) is 27.9 Å². The molecule has 0 aromatic heterocycles. The predicted molar refractivity (Wildman–Crippen MR) is 124 cm³/mol. The fourth-order valence-corrected chi connectivity index (χ4v) is 6.36. The first kappa shape index (κ1) is 26.0. The number of benzene rings is 1. The van der Waals surface area contributed by atoms with Gasteiger partial charge in [-0.15, -0.1) is 0 Å². The maximum Gasteiger partial charge on any atom is 0.410 e. The van der Waals surface area contributed by atoms with Gasteiger partial charge >= 0.3 is 6.09 Å². The minimum absolute atomic E-state index is 0.105. The molecule has 1 saturated heterocycles. The molecule has 1 aromatic rings. The highest BCUT2D eigenvalue weighted by Gasteiger charge is 2.42. The Balaban J connectivity index is 1.81. The van der Waals surface area contributed by atoms with Crippen molar-refractivity contribution in [1.82, 2.24) is 14.3 Å². The molecule has 0 spiro atoms. The summed E-state index contributed by atoms with van der Waals surface area (Å²) in [7, 11) is -3.91. The van der Waals surface area contributed by atoms with Gasteiger partial charge in [0.1, 0.15) is 5.60 Å². The van der Waals surface area contributed by atoms with Gasteiger partial charge in [-0.25, -0.2) is 18.3 Å². The molecule has 184 valence electrons. The monoisotopic (exact) mass is 521 g/mol. The van der Waals surface area contributed by atoms with Crippen LogP contribution in [0.2, 0.25) is 10.0 Å². The molecular weight excluding hydrogens is 493 g/mol. The SMILES string of the molecule is CC(C)(C)OC(=O)N1CCC[C@@H]1[C@H](CS(=O)(=O)N1CCc2cc(Cl)c(Cl)cc2C1)N(O)C=O. The van der Waals surface area contributed by atoms with Crippen LogP contribution < -0.4 is 0 Å². The Bertz CT molecular complexity index is 1010. The van der Waals surface area contributed by atoms with Crippen molar-refractivity contribution in [1.29, 1.82) is 0 Å². The van der Waals surface area contributed by atoms with E-state index in [0.717, 1.165) is 11.1 Å². The van der Waals surface area contributed by atoms with Crippen LogP contribution in [0.4, 0.5) is 4.79 Å². The molecule has 12 heteroatoms. The number of sulfonamides is 1. The van der Waals surface area contributed by atoms with E-state index >= 15 is 0 Å². The Hall–Kier alpha value is -1.59. The van der Waals surface area contributed by atoms with Crippen LogP contribution in [0, 0.1) is 0 Å². The van der Waals surface area contributed by atoms with Crippen molar-refractivity contribution in [3.8, 4) is 0 Å². The van der Waals surface area contributed by atoms with Crippen LogP contribution in [0.5, 0.6) is 0 Å². The third-order valence-corrected chi connectivity index (χ3v) is 8.40. The van der Waals surface area contributed by atoms with Crippen LogP contribution in [0.3, 0.4) is 0 Å². The molecule has 9 nitrogen and oxygen atoms in total. The number of rotatable bonds is 6. The highest BCUT2D eigenvalue weighted by atomic mass is 35.5. The highest BCUT2D eigenvalue weighted by molar-refractivity contribution is 7.89. The predicted octanol–water partition coefficient (Wildman–Crippen LogP) is 3.30. The zero-order chi connectivity index (χ0) is 24.6. The highest BCUT2D eigenvalue weighted by Crippen LogP contribution is 2.31. The zero-order valence-electron chi connectivity index (χ0n) is 18.8. The van der Waals surface area contributed by atoms with E-state index in [1.807, 2.05) is 0 Å². The minimum atomic E-state index is -3.91. The number of amides is 2. The van der Waals surface area contributed by atoms with E-state index in [9.17, 15) is 23.2 Å². The largest absolute Gasteiger partial charge is 0.444 e. The number of likely N-dealkylation sites (tertiary alicyclic amines) is 1. The summed E-state index contributed by atoms with van der Waals surface area (Å²) in [6.45, 7) is 5.88. The molecule has 1 aromatic carbocycles. The van der Waals surface area contributed by atoms with Gasteiger partial charge in [-0.05, 0) is 63.3 Å². The number of carbonyl (C=O) groups is 2. The molecule has 1 N–H and O–H groups in total. The van der Waals surface area contributed by atoms with Crippen molar-refractivity contribution in [2.24, 2.45) is 0 Å². The van der Waals surface area contributed by atoms with Crippen molar-refractivity contribution in [3.63, 3.8) is 0 Å². The van der Waals surface area contributed by atoms with Crippen LogP contribution in [0.1, 0.15) is 44.7 Å². The molecule has 0 unspecified atom stereocenters. The second-order valence-electron chi connectivity index (χ2n) is 9.33. The number of carbonyl (C=O) groups excluding carboxylic acids is 2. The Morgan fingerprint density at radius 1 is 1.27 bits per heavy atom. The molecule has 1 fully saturated rings. The average molecular weight is 522 g/mol. The van der Waals surface area contributed by atoms with Gasteiger partial charge in [0.25, 0.3) is 0 Å². The summed E-state index contributed by atoms with van der Waals surface area (Å²) in [5.41, 5.74) is 0.944. The number of fused-ring (bicyclic) bond motifs is 1. The molecule has 2 aliphatic rings. The van der Waals surface area contributed by atoms with E-state index < -0.39 is 39.6 Å². The summed E-state index contributed by atoms with van der Waals surface area (Å²) in [5, 5.41) is 11.4. The number of halogens is 2. The molecule has 0 saturated carbocycles. The van der Waals surface area contributed by atoms with Gasteiger partial charge in [-0.2, -0.15) is 4.31 Å². The fourth-order valence-electron chi connectivity index (χ4n) is 4.26. The van der Waals surface area contributed by atoms with Crippen molar-refractivity contribution >= 4 is 45.7 Å². The van der Waals surface area contributed by atoms with E-state index in [4.69, 9.17) is 27.9 Å². The molecular formula is C21H29Cl2N3O6S. The molecule has 0 radical (unpaired) electrons. The van der Waals surface area contributed by atoms with Crippen molar-refractivity contribution < 1.29 is 28.0 Å². The van der Waals surface area contributed by atoms with E-state index in [1.165, 1.54) is 9.21 Å². The summed E-state index contributed by atoms with van der Waals surface area (Å²) in [4.78, 5) is 25.5. The van der Waals surface area contributed by atoms with Crippen molar-refractivity contribution in [3.05, 3.63) is 33.3 Å². The number of hydrogen-bond donors (Lipinski definition) is 1. The third-order valence-electron chi connectivity index (χ3n) is 5.81. The Morgan fingerprint density at radius 3 is 2.52 bits per heavy atom. The third kappa shape index (κ3) is 6.10. The molecule has 3 rings (SSSR count).